The number of carbonyl (C=O) groups excluding carboxylic acids is 2. The van der Waals surface area contributed by atoms with Gasteiger partial charge in [-0.05, 0) is 42.5 Å². The van der Waals surface area contributed by atoms with E-state index in [9.17, 15) is 14.0 Å². The van der Waals surface area contributed by atoms with Crippen LogP contribution in [0, 0.1) is 5.82 Å². The minimum atomic E-state index is -0.529. The van der Waals surface area contributed by atoms with E-state index in [4.69, 9.17) is 27.9 Å². The maximum absolute atomic E-state index is 14.0. The molecule has 0 aliphatic carbocycles. The van der Waals surface area contributed by atoms with Gasteiger partial charge in [0, 0.05) is 54.6 Å². The smallest absolute Gasteiger partial charge is 0.272 e. The molecule has 5 rings (SSSR count). The Hall–Kier alpha value is -3.27. The van der Waals surface area contributed by atoms with Gasteiger partial charge in [0.25, 0.3) is 11.8 Å². The van der Waals surface area contributed by atoms with E-state index in [0.29, 0.717) is 79.3 Å². The van der Waals surface area contributed by atoms with Crippen LogP contribution in [0.4, 0.5) is 21.6 Å². The van der Waals surface area contributed by atoms with Gasteiger partial charge in [-0.1, -0.05) is 23.2 Å². The summed E-state index contributed by atoms with van der Waals surface area (Å²) >= 11 is 12.4. The van der Waals surface area contributed by atoms with Crippen molar-refractivity contribution in [2.45, 2.75) is 6.54 Å². The van der Waals surface area contributed by atoms with E-state index in [2.05, 4.69) is 15.6 Å². The highest BCUT2D eigenvalue weighted by Crippen LogP contribution is 2.35. The molecule has 1 saturated heterocycles. The minimum absolute atomic E-state index is 0.00775. The summed E-state index contributed by atoms with van der Waals surface area (Å²) < 4.78 is 19.3. The van der Waals surface area contributed by atoms with Crippen LogP contribution in [0.25, 0.3) is 0 Å². The fourth-order valence-electron chi connectivity index (χ4n) is 4.30. The average molecular weight is 532 g/mol. The maximum atomic E-state index is 14.0. The molecule has 2 amide bonds. The number of aromatic amines is 1. The number of hydrogen-bond acceptors (Lipinski definition) is 5. The van der Waals surface area contributed by atoms with Crippen LogP contribution in [0.3, 0.4) is 0 Å². The van der Waals surface area contributed by atoms with Gasteiger partial charge in [-0.3, -0.25) is 9.59 Å². The number of hydrogen-bond donors (Lipinski definition) is 3. The number of nitrogens with zero attached hydrogens (tertiary/aromatic N) is 2. The third-order valence-electron chi connectivity index (χ3n) is 6.24. The fraction of sp³-hybridized carbons (Fsp3) is 0.280. The van der Waals surface area contributed by atoms with Gasteiger partial charge in [0.15, 0.2) is 0 Å². The van der Waals surface area contributed by atoms with Gasteiger partial charge >= 0.3 is 0 Å². The van der Waals surface area contributed by atoms with Crippen molar-refractivity contribution in [1.82, 2.24) is 9.88 Å². The zero-order chi connectivity index (χ0) is 25.2. The quantitative estimate of drug-likeness (QED) is 0.418. The number of benzene rings is 2. The van der Waals surface area contributed by atoms with E-state index < -0.39 is 5.82 Å². The number of rotatable bonds is 5. The zero-order valence-electron chi connectivity index (χ0n) is 19.2. The number of aromatic nitrogens is 1. The topological polar surface area (TPSA) is 89.7 Å². The molecule has 0 spiro atoms. The number of halogens is 3. The van der Waals surface area contributed by atoms with Gasteiger partial charge in [-0.2, -0.15) is 0 Å². The number of carbonyl (C=O) groups is 2. The third kappa shape index (κ3) is 5.00. The molecule has 3 N–H and O–H groups in total. The lowest BCUT2D eigenvalue weighted by molar-refractivity contribution is 0.0303. The van der Waals surface area contributed by atoms with Gasteiger partial charge in [-0.15, -0.1) is 0 Å². The van der Waals surface area contributed by atoms with Crippen molar-refractivity contribution in [3.05, 3.63) is 75.1 Å². The van der Waals surface area contributed by atoms with Crippen molar-refractivity contribution in [2.75, 3.05) is 54.9 Å². The molecule has 2 aliphatic heterocycles. The van der Waals surface area contributed by atoms with Crippen molar-refractivity contribution < 1.29 is 18.7 Å². The summed E-state index contributed by atoms with van der Waals surface area (Å²) in [6.07, 6.45) is 0. The molecule has 11 heteroatoms. The van der Waals surface area contributed by atoms with E-state index in [1.54, 1.807) is 35.2 Å². The first-order valence-electron chi connectivity index (χ1n) is 11.5. The van der Waals surface area contributed by atoms with Crippen molar-refractivity contribution >= 4 is 52.2 Å². The molecule has 0 bridgehead atoms. The number of fused-ring (bicyclic) bond motifs is 1. The van der Waals surface area contributed by atoms with Crippen molar-refractivity contribution in [3.63, 3.8) is 0 Å². The molecule has 2 aromatic carbocycles. The summed E-state index contributed by atoms with van der Waals surface area (Å²) in [5.74, 6) is -0.238. The first-order chi connectivity index (χ1) is 17.4. The molecular formula is C25H24Cl2FN5O3. The van der Waals surface area contributed by atoms with Gasteiger partial charge in [0.1, 0.15) is 17.3 Å². The summed E-state index contributed by atoms with van der Waals surface area (Å²) in [7, 11) is 0. The van der Waals surface area contributed by atoms with Crippen LogP contribution in [-0.4, -0.2) is 61.1 Å². The van der Waals surface area contributed by atoms with Crippen LogP contribution in [0.1, 0.15) is 26.4 Å². The lowest BCUT2D eigenvalue weighted by Gasteiger charge is -2.30. The Morgan fingerprint density at radius 1 is 1.06 bits per heavy atom. The van der Waals surface area contributed by atoms with Crippen LogP contribution >= 0.6 is 23.2 Å². The summed E-state index contributed by atoms with van der Waals surface area (Å²) in [6.45, 7) is 3.74. The molecule has 8 nitrogen and oxygen atoms in total. The Bertz CT molecular complexity index is 1290. The molecule has 0 atom stereocenters. The third-order valence-corrected chi connectivity index (χ3v) is 7.00. The van der Waals surface area contributed by atoms with E-state index in [1.165, 1.54) is 12.1 Å². The Labute approximate surface area is 217 Å². The Morgan fingerprint density at radius 3 is 2.56 bits per heavy atom. The normalized spacial score (nSPS) is 15.3. The highest BCUT2D eigenvalue weighted by molar-refractivity contribution is 6.36. The average Bonchev–Trinajstić information content (AvgIpc) is 3.35. The standard InChI is InChI=1S/C25H24Cl2FN5O3/c26-18-5-6-19(28)22(27)17(18)14-33-8-7-29-23-21(33)13-20(31-23)24(34)30-16-3-1-15(2-4-16)25(35)32-9-11-36-12-10-32/h1-6,13,29,31H,7-12,14H2,(H,30,34). The van der Waals surface area contributed by atoms with Crippen LogP contribution in [0.5, 0.6) is 0 Å². The number of anilines is 3. The largest absolute Gasteiger partial charge is 0.378 e. The molecule has 3 aromatic rings. The highest BCUT2D eigenvalue weighted by Gasteiger charge is 2.24. The zero-order valence-corrected chi connectivity index (χ0v) is 20.8. The van der Waals surface area contributed by atoms with Crippen LogP contribution in [0.2, 0.25) is 10.0 Å². The Kier molecular flexibility index (Phi) is 7.04. The predicted octanol–water partition coefficient (Wildman–Crippen LogP) is 4.62. The molecule has 188 valence electrons. The van der Waals surface area contributed by atoms with Gasteiger partial charge in [-0.25, -0.2) is 4.39 Å². The van der Waals surface area contributed by atoms with Crippen molar-refractivity contribution in [3.8, 4) is 0 Å². The van der Waals surface area contributed by atoms with Crippen LogP contribution in [-0.2, 0) is 11.3 Å². The van der Waals surface area contributed by atoms with E-state index in [-0.39, 0.29) is 16.8 Å². The molecular weight excluding hydrogens is 508 g/mol. The molecule has 1 fully saturated rings. The van der Waals surface area contributed by atoms with E-state index >= 15 is 0 Å². The first-order valence-corrected chi connectivity index (χ1v) is 12.3. The number of amides is 2. The number of H-pyrrole nitrogens is 1. The molecule has 2 aliphatic rings. The summed E-state index contributed by atoms with van der Waals surface area (Å²) in [5, 5.41) is 6.46. The highest BCUT2D eigenvalue weighted by atomic mass is 35.5. The molecule has 1 aromatic heterocycles. The predicted molar refractivity (Wildman–Crippen MR) is 138 cm³/mol. The van der Waals surface area contributed by atoms with Crippen molar-refractivity contribution in [2.24, 2.45) is 0 Å². The fourth-order valence-corrected chi connectivity index (χ4v) is 4.79. The maximum Gasteiger partial charge on any atom is 0.272 e. The Morgan fingerprint density at radius 2 is 1.81 bits per heavy atom. The van der Waals surface area contributed by atoms with Gasteiger partial charge < -0.3 is 30.2 Å². The second kappa shape index (κ2) is 10.4. The lowest BCUT2D eigenvalue weighted by Crippen LogP contribution is -2.40. The second-order valence-corrected chi connectivity index (χ2v) is 9.33. The number of morpholine rings is 1. The summed E-state index contributed by atoms with van der Waals surface area (Å²) in [4.78, 5) is 32.4. The molecule has 36 heavy (non-hydrogen) atoms. The monoisotopic (exact) mass is 531 g/mol. The SMILES string of the molecule is O=C(Nc1ccc(C(=O)N2CCOCC2)cc1)c1cc2c([nH]1)NCCN2Cc1c(Cl)ccc(F)c1Cl. The van der Waals surface area contributed by atoms with Crippen molar-refractivity contribution in [1.29, 1.82) is 0 Å². The molecule has 0 unspecified atom stereocenters. The van der Waals surface area contributed by atoms with Gasteiger partial charge in [0.05, 0.1) is 23.9 Å². The number of ether oxygens (including phenoxy) is 1. The van der Waals surface area contributed by atoms with E-state index in [1.807, 2.05) is 4.90 Å². The molecule has 3 heterocycles. The lowest BCUT2D eigenvalue weighted by atomic mass is 10.1. The molecule has 0 saturated carbocycles. The van der Waals surface area contributed by atoms with Crippen LogP contribution < -0.4 is 15.5 Å². The summed E-state index contributed by atoms with van der Waals surface area (Å²) in [5.41, 5.74) is 2.72. The molecule has 0 radical (unpaired) electrons. The number of nitrogens with one attached hydrogen (secondary N) is 3. The first kappa shape index (κ1) is 24.4. The minimum Gasteiger partial charge on any atom is -0.378 e. The van der Waals surface area contributed by atoms with Gasteiger partial charge in [0.2, 0.25) is 0 Å². The summed E-state index contributed by atoms with van der Waals surface area (Å²) in [6, 6.07) is 11.2. The second-order valence-electron chi connectivity index (χ2n) is 8.55. The Balaban J connectivity index is 1.28. The van der Waals surface area contributed by atoms with Crippen LogP contribution in [0.15, 0.2) is 42.5 Å². The van der Waals surface area contributed by atoms with E-state index in [0.717, 1.165) is 5.69 Å².